The summed E-state index contributed by atoms with van der Waals surface area (Å²) in [6.45, 7) is 2.48. The summed E-state index contributed by atoms with van der Waals surface area (Å²) in [6.07, 6.45) is 7.56. The summed E-state index contributed by atoms with van der Waals surface area (Å²) >= 11 is 0. The van der Waals surface area contributed by atoms with Crippen molar-refractivity contribution in [3.05, 3.63) is 78.6 Å². The Kier molecular flexibility index (Phi) is 5.41. The number of carbonyl (C=O) groups excluding carboxylic acids is 1. The van der Waals surface area contributed by atoms with Crippen LogP contribution >= 0.6 is 0 Å². The van der Waals surface area contributed by atoms with Crippen LogP contribution in [0.1, 0.15) is 30.7 Å². The number of hydrogen-bond donors (Lipinski definition) is 2. The smallest absolute Gasteiger partial charge is 0.262 e. The number of hydrogen-bond acceptors (Lipinski definition) is 9. The van der Waals surface area contributed by atoms with Gasteiger partial charge in [-0.3, -0.25) is 4.79 Å². The number of carbonyl (C=O) groups is 1. The van der Waals surface area contributed by atoms with Crippen molar-refractivity contribution in [2.45, 2.75) is 25.0 Å². The zero-order valence-electron chi connectivity index (χ0n) is 20.2. The van der Waals surface area contributed by atoms with Crippen molar-refractivity contribution < 1.29 is 14.4 Å². The summed E-state index contributed by atoms with van der Waals surface area (Å²) in [5.41, 5.74) is 2.42. The number of nitrogens with one attached hydrogen (secondary N) is 1. The van der Waals surface area contributed by atoms with E-state index in [-0.39, 0.29) is 18.2 Å². The lowest BCUT2D eigenvalue weighted by Gasteiger charge is -2.16. The number of aromatic nitrogens is 6. The maximum absolute atomic E-state index is 12.4. The molecule has 6 heterocycles. The third-order valence-electron chi connectivity index (χ3n) is 6.62. The number of nitrogens with zero attached hydrogens (tertiary/aromatic N) is 7. The predicted molar refractivity (Wildman–Crippen MR) is 134 cm³/mol. The molecule has 1 saturated heterocycles. The Morgan fingerprint density at radius 3 is 2.65 bits per heavy atom. The summed E-state index contributed by atoms with van der Waals surface area (Å²) < 4.78 is 7.32. The van der Waals surface area contributed by atoms with E-state index in [0.29, 0.717) is 35.3 Å². The van der Waals surface area contributed by atoms with Gasteiger partial charge in [0.05, 0.1) is 23.1 Å². The molecule has 2 atom stereocenters. The molecule has 2 N–H and O–H groups in total. The molecule has 0 radical (unpaired) electrons. The van der Waals surface area contributed by atoms with E-state index >= 15 is 0 Å². The first-order valence-corrected chi connectivity index (χ1v) is 11.9. The number of anilines is 1. The van der Waals surface area contributed by atoms with Crippen molar-refractivity contribution in [2.75, 3.05) is 18.9 Å². The van der Waals surface area contributed by atoms with Crippen LogP contribution in [-0.4, -0.2) is 59.0 Å². The molecule has 0 bridgehead atoms. The Morgan fingerprint density at radius 1 is 1.03 bits per heavy atom. The lowest BCUT2D eigenvalue weighted by molar-refractivity contribution is -0.144. The molecular weight excluding hydrogens is 472 g/mol. The largest absolute Gasteiger partial charge is 0.373 e. The van der Waals surface area contributed by atoms with Gasteiger partial charge >= 0.3 is 0 Å². The molecule has 5 aromatic heterocycles. The Hall–Kier alpha value is -4.64. The van der Waals surface area contributed by atoms with Crippen molar-refractivity contribution in [3.8, 4) is 22.8 Å². The van der Waals surface area contributed by atoms with E-state index in [1.54, 1.807) is 37.6 Å². The number of aliphatic hydroxyl groups is 1. The summed E-state index contributed by atoms with van der Waals surface area (Å²) in [4.78, 5) is 31.9. The number of rotatable bonds is 6. The molecule has 186 valence electrons. The second kappa shape index (κ2) is 8.79. The number of likely N-dealkylation sites (tertiary alicyclic amines) is 1. The summed E-state index contributed by atoms with van der Waals surface area (Å²) in [5, 5.41) is 18.2. The van der Waals surface area contributed by atoms with E-state index in [0.717, 1.165) is 11.2 Å². The number of fused-ring (bicyclic) bond motifs is 1. The molecule has 0 aliphatic carbocycles. The molecule has 1 aliphatic rings. The van der Waals surface area contributed by atoms with Crippen LogP contribution in [0.2, 0.25) is 0 Å². The Labute approximate surface area is 211 Å². The van der Waals surface area contributed by atoms with Gasteiger partial charge in [-0.05, 0) is 42.8 Å². The quantitative estimate of drug-likeness (QED) is 0.364. The molecule has 1 fully saturated rings. The zero-order valence-corrected chi connectivity index (χ0v) is 20.2. The summed E-state index contributed by atoms with van der Waals surface area (Å²) in [7, 11) is 1.65. The number of pyridine rings is 2. The molecule has 6 rings (SSSR count). The van der Waals surface area contributed by atoms with E-state index in [2.05, 4.69) is 30.4 Å². The maximum Gasteiger partial charge on any atom is 0.262 e. The second-order valence-corrected chi connectivity index (χ2v) is 9.11. The van der Waals surface area contributed by atoms with Gasteiger partial charge in [-0.15, -0.1) is 0 Å². The van der Waals surface area contributed by atoms with Crippen LogP contribution in [0.4, 0.5) is 5.95 Å². The van der Waals surface area contributed by atoms with Gasteiger partial charge in [-0.2, -0.15) is 0 Å². The third-order valence-corrected chi connectivity index (χ3v) is 6.62. The average Bonchev–Trinajstić information content (AvgIpc) is 3.66. The molecule has 37 heavy (non-hydrogen) atoms. The van der Waals surface area contributed by atoms with E-state index < -0.39 is 11.5 Å². The molecule has 0 saturated carbocycles. The van der Waals surface area contributed by atoms with Gasteiger partial charge in [0.2, 0.25) is 11.5 Å². The molecule has 11 heteroatoms. The molecule has 0 spiro atoms. The molecule has 1 aliphatic heterocycles. The number of amides is 1. The monoisotopic (exact) mass is 496 g/mol. The molecule has 1 unspecified atom stereocenters. The summed E-state index contributed by atoms with van der Waals surface area (Å²) in [5.74, 6) is 0.173. The Bertz CT molecular complexity index is 1610. The van der Waals surface area contributed by atoms with Crippen LogP contribution in [0.3, 0.4) is 0 Å². The molecule has 11 nitrogen and oxygen atoms in total. The number of likely N-dealkylation sites (N-methyl/N-ethyl adjacent to an activating group) is 1. The Morgan fingerprint density at radius 2 is 1.84 bits per heavy atom. The molecule has 0 aromatic carbocycles. The van der Waals surface area contributed by atoms with E-state index in [4.69, 9.17) is 4.52 Å². The zero-order chi connectivity index (χ0) is 25.6. The fourth-order valence-electron chi connectivity index (χ4n) is 4.44. The van der Waals surface area contributed by atoms with Gasteiger partial charge < -0.3 is 24.2 Å². The molecule has 1 amide bonds. The summed E-state index contributed by atoms with van der Waals surface area (Å²) in [6, 6.07) is 12.8. The first kappa shape index (κ1) is 22.8. The second-order valence-electron chi connectivity index (χ2n) is 9.11. The third kappa shape index (κ3) is 4.08. The van der Waals surface area contributed by atoms with Gasteiger partial charge in [-0.1, -0.05) is 11.2 Å². The highest BCUT2D eigenvalue weighted by atomic mass is 16.5. The van der Waals surface area contributed by atoms with Crippen LogP contribution in [0.25, 0.3) is 28.4 Å². The van der Waals surface area contributed by atoms with Crippen LogP contribution in [0.15, 0.2) is 71.8 Å². The molecule has 5 aromatic rings. The predicted octanol–water partition coefficient (Wildman–Crippen LogP) is 3.06. The average molecular weight is 497 g/mol. The standard InChI is InChI=1S/C26H24N8O3/c1-16(17-7-11-34-13-10-27-23(34)14-17)29-25-28-9-6-20(31-25)18-4-3-5-19(30-18)21-15-22(37-32-21)26(36)8-12-33(2)24(26)35/h3-7,9-11,13-16,36H,8,12H2,1-2H3,(H,28,29,31)/t16?,26-/m1/s1. The highest BCUT2D eigenvalue weighted by Crippen LogP contribution is 2.34. The topological polar surface area (TPSA) is 135 Å². The van der Waals surface area contributed by atoms with Gasteiger partial charge in [0.1, 0.15) is 11.3 Å². The van der Waals surface area contributed by atoms with Crippen LogP contribution < -0.4 is 5.32 Å². The minimum Gasteiger partial charge on any atom is -0.373 e. The van der Waals surface area contributed by atoms with E-state index in [1.165, 1.54) is 4.90 Å². The van der Waals surface area contributed by atoms with Gasteiger partial charge in [0.25, 0.3) is 5.91 Å². The van der Waals surface area contributed by atoms with Crippen LogP contribution in [-0.2, 0) is 10.4 Å². The van der Waals surface area contributed by atoms with Gasteiger partial charge in [0.15, 0.2) is 5.76 Å². The van der Waals surface area contributed by atoms with Crippen LogP contribution in [0, 0.1) is 0 Å². The first-order valence-electron chi connectivity index (χ1n) is 11.9. The van der Waals surface area contributed by atoms with Crippen molar-refractivity contribution in [3.63, 3.8) is 0 Å². The fourth-order valence-corrected chi connectivity index (χ4v) is 4.44. The van der Waals surface area contributed by atoms with Crippen molar-refractivity contribution in [2.24, 2.45) is 0 Å². The van der Waals surface area contributed by atoms with Gasteiger partial charge in [-0.25, -0.2) is 19.9 Å². The van der Waals surface area contributed by atoms with Crippen molar-refractivity contribution in [1.82, 2.24) is 34.4 Å². The highest BCUT2D eigenvalue weighted by Gasteiger charge is 2.48. The Balaban J connectivity index is 1.23. The maximum atomic E-state index is 12.4. The lowest BCUT2D eigenvalue weighted by Crippen LogP contribution is -2.35. The van der Waals surface area contributed by atoms with Crippen molar-refractivity contribution in [1.29, 1.82) is 0 Å². The van der Waals surface area contributed by atoms with E-state index in [9.17, 15) is 9.90 Å². The number of imidazole rings is 1. The van der Waals surface area contributed by atoms with Crippen LogP contribution in [0.5, 0.6) is 0 Å². The highest BCUT2D eigenvalue weighted by molar-refractivity contribution is 5.87. The fraction of sp³-hybridized carbons (Fsp3) is 0.231. The van der Waals surface area contributed by atoms with Gasteiger partial charge in [0, 0.05) is 50.9 Å². The normalized spacial score (nSPS) is 18.5. The molecular formula is C26H24N8O3. The first-order chi connectivity index (χ1) is 17.9. The minimum atomic E-state index is -1.70. The minimum absolute atomic E-state index is 0.0482. The SMILES string of the molecule is CC(Nc1nccc(-c2cccc(-c3cc([C@]4(O)CCN(C)C4=O)on3)n2)n1)c1ccn2ccnc2c1. The van der Waals surface area contributed by atoms with E-state index in [1.807, 2.05) is 48.0 Å². The lowest BCUT2D eigenvalue weighted by atomic mass is 9.98. The van der Waals surface area contributed by atoms with Crippen molar-refractivity contribution >= 4 is 17.5 Å².